The van der Waals surface area contributed by atoms with Crippen molar-refractivity contribution in [1.29, 1.82) is 0 Å². The summed E-state index contributed by atoms with van der Waals surface area (Å²) in [4.78, 5) is 2.48. The van der Waals surface area contributed by atoms with Gasteiger partial charge in [0.05, 0.1) is 6.10 Å². The van der Waals surface area contributed by atoms with E-state index in [9.17, 15) is 5.11 Å². The van der Waals surface area contributed by atoms with Crippen molar-refractivity contribution in [3.63, 3.8) is 0 Å². The third kappa shape index (κ3) is 3.94. The van der Waals surface area contributed by atoms with Gasteiger partial charge in [-0.05, 0) is 45.8 Å². The van der Waals surface area contributed by atoms with E-state index in [1.165, 1.54) is 19.4 Å². The topological polar surface area (TPSA) is 35.5 Å². The Labute approximate surface area is 113 Å². The lowest BCUT2D eigenvalue weighted by atomic mass is 9.64. The maximum Gasteiger partial charge on any atom is 0.0621 e. The summed E-state index contributed by atoms with van der Waals surface area (Å²) in [5.41, 5.74) is 0.0487. The fourth-order valence-electron chi connectivity index (χ4n) is 2.77. The van der Waals surface area contributed by atoms with Crippen LogP contribution in [-0.4, -0.2) is 47.8 Å². The van der Waals surface area contributed by atoms with E-state index < -0.39 is 0 Å². The van der Waals surface area contributed by atoms with Crippen LogP contribution in [0.3, 0.4) is 0 Å². The molecule has 0 aromatic heterocycles. The van der Waals surface area contributed by atoms with Gasteiger partial charge in [-0.2, -0.15) is 0 Å². The minimum Gasteiger partial charge on any atom is -0.392 e. The van der Waals surface area contributed by atoms with E-state index in [0.717, 1.165) is 19.5 Å². The van der Waals surface area contributed by atoms with Crippen molar-refractivity contribution in [1.82, 2.24) is 10.2 Å². The Morgan fingerprint density at radius 3 is 2.39 bits per heavy atom. The van der Waals surface area contributed by atoms with Crippen LogP contribution in [0.1, 0.15) is 53.9 Å². The van der Waals surface area contributed by atoms with Gasteiger partial charge in [-0.1, -0.05) is 27.7 Å². The third-order valence-corrected chi connectivity index (χ3v) is 4.71. The molecule has 0 saturated heterocycles. The van der Waals surface area contributed by atoms with Crippen LogP contribution in [0.15, 0.2) is 0 Å². The van der Waals surface area contributed by atoms with E-state index >= 15 is 0 Å². The van der Waals surface area contributed by atoms with Crippen LogP contribution in [-0.2, 0) is 0 Å². The first-order chi connectivity index (χ1) is 8.41. The van der Waals surface area contributed by atoms with Gasteiger partial charge in [0.2, 0.25) is 0 Å². The number of hydrogen-bond acceptors (Lipinski definition) is 3. The summed E-state index contributed by atoms with van der Waals surface area (Å²) in [6.45, 7) is 14.5. The van der Waals surface area contributed by atoms with Crippen LogP contribution < -0.4 is 5.32 Å². The SMILES string of the molecule is CCN(CC)CCCC(C)NC1CC(O)C1(C)C. The Morgan fingerprint density at radius 2 is 1.94 bits per heavy atom. The highest BCUT2D eigenvalue weighted by atomic mass is 16.3. The molecular formula is C15H32N2O. The van der Waals surface area contributed by atoms with E-state index in [0.29, 0.717) is 12.1 Å². The Bertz CT molecular complexity index is 239. The number of nitrogens with zero attached hydrogens (tertiary/aromatic N) is 1. The molecule has 3 heteroatoms. The highest BCUT2D eigenvalue weighted by molar-refractivity contribution is 5.02. The van der Waals surface area contributed by atoms with E-state index in [2.05, 4.69) is 44.8 Å². The van der Waals surface area contributed by atoms with Crippen LogP contribution in [0.4, 0.5) is 0 Å². The Balaban J connectivity index is 2.17. The molecule has 0 bridgehead atoms. The lowest BCUT2D eigenvalue weighted by molar-refractivity contribution is -0.0756. The van der Waals surface area contributed by atoms with Gasteiger partial charge < -0.3 is 15.3 Å². The van der Waals surface area contributed by atoms with Crippen molar-refractivity contribution in [3.05, 3.63) is 0 Å². The van der Waals surface area contributed by atoms with Gasteiger partial charge in [0, 0.05) is 17.5 Å². The largest absolute Gasteiger partial charge is 0.392 e. The van der Waals surface area contributed by atoms with Crippen LogP contribution >= 0.6 is 0 Å². The number of rotatable bonds is 8. The lowest BCUT2D eigenvalue weighted by Crippen LogP contribution is -2.61. The molecule has 0 aromatic carbocycles. The molecule has 1 saturated carbocycles. The van der Waals surface area contributed by atoms with Crippen LogP contribution in [0.5, 0.6) is 0 Å². The summed E-state index contributed by atoms with van der Waals surface area (Å²) >= 11 is 0. The first-order valence-corrected chi connectivity index (χ1v) is 7.58. The van der Waals surface area contributed by atoms with Crippen molar-refractivity contribution in [3.8, 4) is 0 Å². The van der Waals surface area contributed by atoms with Crippen molar-refractivity contribution >= 4 is 0 Å². The smallest absolute Gasteiger partial charge is 0.0621 e. The fourth-order valence-corrected chi connectivity index (χ4v) is 2.77. The predicted octanol–water partition coefficient (Wildman–Crippen LogP) is 2.25. The van der Waals surface area contributed by atoms with Gasteiger partial charge in [0.15, 0.2) is 0 Å². The molecule has 3 unspecified atom stereocenters. The van der Waals surface area contributed by atoms with Gasteiger partial charge >= 0.3 is 0 Å². The molecule has 0 aliphatic heterocycles. The third-order valence-electron chi connectivity index (χ3n) is 4.71. The first kappa shape index (κ1) is 15.9. The number of aliphatic hydroxyl groups excluding tert-OH is 1. The zero-order valence-electron chi connectivity index (χ0n) is 12.9. The van der Waals surface area contributed by atoms with E-state index in [4.69, 9.17) is 0 Å². The van der Waals surface area contributed by atoms with Crippen molar-refractivity contribution in [2.75, 3.05) is 19.6 Å². The minimum atomic E-state index is -0.127. The monoisotopic (exact) mass is 256 g/mol. The highest BCUT2D eigenvalue weighted by Gasteiger charge is 2.47. The van der Waals surface area contributed by atoms with Crippen LogP contribution in [0, 0.1) is 5.41 Å². The van der Waals surface area contributed by atoms with Gasteiger partial charge in [-0.15, -0.1) is 0 Å². The summed E-state index contributed by atoms with van der Waals surface area (Å²) in [5.74, 6) is 0. The van der Waals surface area contributed by atoms with Crippen molar-refractivity contribution < 1.29 is 5.11 Å². The van der Waals surface area contributed by atoms with Gasteiger partial charge in [0.25, 0.3) is 0 Å². The van der Waals surface area contributed by atoms with Gasteiger partial charge in [-0.3, -0.25) is 0 Å². The second-order valence-corrected chi connectivity index (χ2v) is 6.36. The van der Waals surface area contributed by atoms with Crippen molar-refractivity contribution in [2.24, 2.45) is 5.41 Å². The quantitative estimate of drug-likeness (QED) is 0.699. The number of aliphatic hydroxyl groups is 1. The molecule has 1 rings (SSSR count). The minimum absolute atomic E-state index is 0.0487. The molecule has 1 aliphatic rings. The molecule has 2 N–H and O–H groups in total. The second kappa shape index (κ2) is 6.88. The summed E-state index contributed by atoms with van der Waals surface area (Å²) in [7, 11) is 0. The summed E-state index contributed by atoms with van der Waals surface area (Å²) in [6.07, 6.45) is 3.26. The molecule has 0 aromatic rings. The zero-order valence-corrected chi connectivity index (χ0v) is 12.9. The average Bonchev–Trinajstić information content (AvgIpc) is 2.34. The van der Waals surface area contributed by atoms with Crippen molar-refractivity contribution in [2.45, 2.75) is 72.1 Å². The van der Waals surface area contributed by atoms with Gasteiger partial charge in [-0.25, -0.2) is 0 Å². The van der Waals surface area contributed by atoms with Gasteiger partial charge in [0.1, 0.15) is 0 Å². The molecular weight excluding hydrogens is 224 g/mol. The van der Waals surface area contributed by atoms with E-state index in [-0.39, 0.29) is 11.5 Å². The molecule has 0 heterocycles. The summed E-state index contributed by atoms with van der Waals surface area (Å²) < 4.78 is 0. The summed E-state index contributed by atoms with van der Waals surface area (Å²) in [5, 5.41) is 13.4. The molecule has 1 aliphatic carbocycles. The molecule has 0 spiro atoms. The molecule has 18 heavy (non-hydrogen) atoms. The standard InChI is InChI=1S/C15H32N2O/c1-6-17(7-2)10-8-9-12(3)16-13-11-14(18)15(13,4)5/h12-14,16,18H,6-11H2,1-5H3. The lowest BCUT2D eigenvalue weighted by Gasteiger charge is -2.50. The number of hydrogen-bond donors (Lipinski definition) is 2. The maximum atomic E-state index is 9.73. The van der Waals surface area contributed by atoms with E-state index in [1.54, 1.807) is 0 Å². The molecule has 0 radical (unpaired) electrons. The Kier molecular flexibility index (Phi) is 6.09. The Morgan fingerprint density at radius 1 is 1.33 bits per heavy atom. The maximum absolute atomic E-state index is 9.73. The predicted molar refractivity (Wildman–Crippen MR) is 77.8 cm³/mol. The normalized spacial score (nSPS) is 28.2. The zero-order chi connectivity index (χ0) is 13.8. The molecule has 3 atom stereocenters. The van der Waals surface area contributed by atoms with Crippen LogP contribution in [0.25, 0.3) is 0 Å². The molecule has 1 fully saturated rings. The molecule has 3 nitrogen and oxygen atoms in total. The second-order valence-electron chi connectivity index (χ2n) is 6.36. The molecule has 0 amide bonds. The first-order valence-electron chi connectivity index (χ1n) is 7.58. The fraction of sp³-hybridized carbons (Fsp3) is 1.00. The molecule has 108 valence electrons. The summed E-state index contributed by atoms with van der Waals surface area (Å²) in [6, 6.07) is 1.04. The average molecular weight is 256 g/mol. The number of nitrogens with one attached hydrogen (secondary N) is 1. The highest BCUT2D eigenvalue weighted by Crippen LogP contribution is 2.40. The Hall–Kier alpha value is -0.120. The van der Waals surface area contributed by atoms with Crippen LogP contribution in [0.2, 0.25) is 0 Å². The van der Waals surface area contributed by atoms with E-state index in [1.807, 2.05) is 0 Å².